The smallest absolute Gasteiger partial charge is 0.322 e. The lowest BCUT2D eigenvalue weighted by atomic mass is 10.3. The molecule has 0 fully saturated rings. The van der Waals surface area contributed by atoms with E-state index < -0.39 is 11.8 Å². The molecule has 0 amide bonds. The van der Waals surface area contributed by atoms with E-state index >= 15 is 0 Å². The lowest BCUT2D eigenvalue weighted by Crippen LogP contribution is -2.70. The fourth-order valence-electron chi connectivity index (χ4n) is 1.44. The fourth-order valence-corrected chi connectivity index (χ4v) is 1.44. The van der Waals surface area contributed by atoms with Crippen LogP contribution in [0.4, 0.5) is 0 Å². The lowest BCUT2D eigenvalue weighted by molar-refractivity contribution is -0.526. The molecule has 0 unspecified atom stereocenters. The van der Waals surface area contributed by atoms with E-state index in [1.165, 1.54) is 6.92 Å². The molecular weight excluding hydrogens is 286 g/mol. The standard InChI is InChI=1S/C10H27N5O6/c1-2-14(20)9(16,17)10(18,19)15(21)8-7-13-6-5-12-4-3-11/h12-13,16-21H,2-8,11H2,1H3. The van der Waals surface area contributed by atoms with Gasteiger partial charge >= 0.3 is 11.8 Å². The van der Waals surface area contributed by atoms with Gasteiger partial charge in [-0.15, -0.1) is 10.1 Å². The normalized spacial score (nSPS) is 13.4. The van der Waals surface area contributed by atoms with Gasteiger partial charge in [-0.3, -0.25) is 0 Å². The molecule has 0 rings (SSSR count). The van der Waals surface area contributed by atoms with Crippen molar-refractivity contribution in [2.75, 3.05) is 45.8 Å². The molecule has 0 aromatic heterocycles. The molecule has 10 N–H and O–H groups in total. The van der Waals surface area contributed by atoms with E-state index in [9.17, 15) is 30.8 Å². The topological polar surface area (TPSA) is 178 Å². The van der Waals surface area contributed by atoms with Gasteiger partial charge < -0.3 is 47.2 Å². The van der Waals surface area contributed by atoms with Gasteiger partial charge in [0.25, 0.3) is 0 Å². The maximum Gasteiger partial charge on any atom is 0.322 e. The van der Waals surface area contributed by atoms with E-state index in [-0.39, 0.29) is 29.8 Å². The Kier molecular flexibility index (Phi) is 9.35. The number of nitrogens with one attached hydrogen (secondary N) is 2. The van der Waals surface area contributed by atoms with Crippen LogP contribution >= 0.6 is 0 Å². The first-order valence-corrected chi connectivity index (χ1v) is 6.65. The predicted molar refractivity (Wildman–Crippen MR) is 71.8 cm³/mol. The van der Waals surface area contributed by atoms with E-state index in [1.807, 2.05) is 0 Å². The maximum atomic E-state index is 9.56. The van der Waals surface area contributed by atoms with Crippen LogP contribution in [0, 0.1) is 0 Å². The summed E-state index contributed by atoms with van der Waals surface area (Å²) < 4.78 is 0. The molecule has 0 aliphatic carbocycles. The maximum absolute atomic E-state index is 9.56. The highest BCUT2D eigenvalue weighted by molar-refractivity contribution is 4.76. The summed E-state index contributed by atoms with van der Waals surface area (Å²) in [6, 6.07) is 0. The number of nitrogens with zero attached hydrogens (tertiary/aromatic N) is 2. The Hall–Kier alpha value is -0.440. The summed E-state index contributed by atoms with van der Waals surface area (Å²) in [5, 5.41) is 62.4. The summed E-state index contributed by atoms with van der Waals surface area (Å²) >= 11 is 0. The van der Waals surface area contributed by atoms with Crippen LogP contribution in [0.3, 0.4) is 0 Å². The molecule has 128 valence electrons. The molecule has 21 heavy (non-hydrogen) atoms. The minimum Gasteiger partial charge on any atom is -0.346 e. The Morgan fingerprint density at radius 2 is 1.33 bits per heavy atom. The van der Waals surface area contributed by atoms with Crippen LogP contribution in [0.1, 0.15) is 6.92 Å². The van der Waals surface area contributed by atoms with Crippen molar-refractivity contribution in [3.63, 3.8) is 0 Å². The molecule has 11 heteroatoms. The van der Waals surface area contributed by atoms with E-state index in [2.05, 4.69) is 10.6 Å². The quantitative estimate of drug-likeness (QED) is 0.0969. The van der Waals surface area contributed by atoms with Crippen LogP contribution in [-0.2, 0) is 0 Å². The van der Waals surface area contributed by atoms with Gasteiger partial charge in [0.05, 0.1) is 0 Å². The second-order valence-corrected chi connectivity index (χ2v) is 4.40. The van der Waals surface area contributed by atoms with Gasteiger partial charge in [-0.25, -0.2) is 0 Å². The van der Waals surface area contributed by atoms with Gasteiger partial charge in [-0.1, -0.05) is 0 Å². The molecular formula is C10H27N5O6. The van der Waals surface area contributed by atoms with Crippen molar-refractivity contribution >= 4 is 0 Å². The van der Waals surface area contributed by atoms with E-state index in [0.717, 1.165) is 0 Å². The van der Waals surface area contributed by atoms with Crippen molar-refractivity contribution < 1.29 is 30.8 Å². The summed E-state index contributed by atoms with van der Waals surface area (Å²) in [6.45, 7) is 3.21. The second-order valence-electron chi connectivity index (χ2n) is 4.40. The minimum atomic E-state index is -3.47. The Labute approximate surface area is 123 Å². The SMILES string of the molecule is CCN(O)C(O)(O)C(O)(O)N(O)CCNCCNCCN. The predicted octanol–water partition coefficient (Wildman–Crippen LogP) is -4.20. The number of hydrogen-bond acceptors (Lipinski definition) is 11. The fraction of sp³-hybridized carbons (Fsp3) is 1.00. The number of nitrogens with two attached hydrogens (primary N) is 1. The highest BCUT2D eigenvalue weighted by atomic mass is 16.7. The first-order chi connectivity index (χ1) is 9.71. The van der Waals surface area contributed by atoms with Gasteiger partial charge in [0.2, 0.25) is 0 Å². The Bertz CT molecular complexity index is 281. The van der Waals surface area contributed by atoms with Crippen LogP contribution in [0.15, 0.2) is 0 Å². The summed E-state index contributed by atoms with van der Waals surface area (Å²) in [5.74, 6) is -6.93. The van der Waals surface area contributed by atoms with Crippen LogP contribution in [-0.4, -0.2) is 98.6 Å². The number of hydroxylamine groups is 4. The number of hydrogen-bond donors (Lipinski definition) is 9. The van der Waals surface area contributed by atoms with Crippen LogP contribution in [0.25, 0.3) is 0 Å². The third-order valence-electron chi connectivity index (χ3n) is 2.77. The first kappa shape index (κ1) is 20.6. The third-order valence-corrected chi connectivity index (χ3v) is 2.77. The van der Waals surface area contributed by atoms with Crippen molar-refractivity contribution in [2.45, 2.75) is 18.7 Å². The van der Waals surface area contributed by atoms with Gasteiger partial charge in [0.1, 0.15) is 0 Å². The molecule has 0 spiro atoms. The van der Waals surface area contributed by atoms with Crippen molar-refractivity contribution in [1.82, 2.24) is 20.8 Å². The summed E-state index contributed by atoms with van der Waals surface area (Å²) in [7, 11) is 0. The van der Waals surface area contributed by atoms with Crippen LogP contribution < -0.4 is 16.4 Å². The largest absolute Gasteiger partial charge is 0.346 e. The lowest BCUT2D eigenvalue weighted by Gasteiger charge is -2.41. The average molecular weight is 313 g/mol. The molecule has 0 aliphatic rings. The van der Waals surface area contributed by atoms with E-state index in [4.69, 9.17) is 5.73 Å². The molecule has 0 aromatic carbocycles. The zero-order valence-corrected chi connectivity index (χ0v) is 12.1. The summed E-state index contributed by atoms with van der Waals surface area (Å²) in [6.07, 6.45) is 0. The molecule has 0 heterocycles. The molecule has 0 aliphatic heterocycles. The number of likely N-dealkylation sites (N-methyl/N-ethyl adjacent to an activating group) is 1. The molecule has 0 atom stereocenters. The first-order valence-electron chi connectivity index (χ1n) is 6.65. The Balaban J connectivity index is 4.16. The molecule has 0 saturated carbocycles. The summed E-state index contributed by atoms with van der Waals surface area (Å²) in [5.41, 5.74) is 5.28. The molecule has 0 radical (unpaired) electrons. The van der Waals surface area contributed by atoms with Crippen molar-refractivity contribution in [3.8, 4) is 0 Å². The number of rotatable bonds is 12. The van der Waals surface area contributed by atoms with E-state index in [0.29, 0.717) is 26.2 Å². The molecule has 0 aromatic rings. The molecule has 11 nitrogen and oxygen atoms in total. The van der Waals surface area contributed by atoms with E-state index in [1.54, 1.807) is 0 Å². The van der Waals surface area contributed by atoms with Gasteiger partial charge in [0.15, 0.2) is 0 Å². The van der Waals surface area contributed by atoms with Gasteiger partial charge in [-0.2, -0.15) is 0 Å². The Morgan fingerprint density at radius 1 is 0.857 bits per heavy atom. The van der Waals surface area contributed by atoms with Crippen molar-refractivity contribution in [2.24, 2.45) is 5.73 Å². The Morgan fingerprint density at radius 3 is 1.81 bits per heavy atom. The van der Waals surface area contributed by atoms with Gasteiger partial charge in [-0.05, 0) is 6.92 Å². The minimum absolute atomic E-state index is 0.0911. The third kappa shape index (κ3) is 6.06. The second kappa shape index (κ2) is 9.55. The molecule has 0 saturated heterocycles. The average Bonchev–Trinajstić information content (AvgIpc) is 2.44. The van der Waals surface area contributed by atoms with Crippen LogP contribution in [0.2, 0.25) is 0 Å². The highest BCUT2D eigenvalue weighted by Gasteiger charge is 2.56. The van der Waals surface area contributed by atoms with Crippen molar-refractivity contribution in [1.29, 1.82) is 0 Å². The monoisotopic (exact) mass is 313 g/mol. The zero-order chi connectivity index (χ0) is 16.5. The number of aliphatic hydroxyl groups is 4. The summed E-state index contributed by atoms with van der Waals surface area (Å²) in [4.78, 5) is 0. The van der Waals surface area contributed by atoms with Crippen LogP contribution in [0.5, 0.6) is 0 Å². The molecule has 0 bridgehead atoms. The highest BCUT2D eigenvalue weighted by Crippen LogP contribution is 2.22. The van der Waals surface area contributed by atoms with Gasteiger partial charge in [0, 0.05) is 45.8 Å². The van der Waals surface area contributed by atoms with Crippen molar-refractivity contribution in [3.05, 3.63) is 0 Å². The zero-order valence-electron chi connectivity index (χ0n) is 12.1.